The molecule has 1 heterocycles. The summed E-state index contributed by atoms with van der Waals surface area (Å²) < 4.78 is 9.61. The van der Waals surface area contributed by atoms with Crippen molar-refractivity contribution in [2.24, 2.45) is 0 Å². The number of pyridine rings is 1. The highest BCUT2D eigenvalue weighted by molar-refractivity contribution is 6.29. The summed E-state index contributed by atoms with van der Waals surface area (Å²) >= 11 is 5.53. The Labute approximate surface area is 85.2 Å². The van der Waals surface area contributed by atoms with Gasteiger partial charge in [0.15, 0.2) is 12.5 Å². The van der Waals surface area contributed by atoms with Crippen molar-refractivity contribution in [1.82, 2.24) is 4.98 Å². The second-order valence-electron chi connectivity index (χ2n) is 2.36. The molecule has 0 aliphatic heterocycles. The lowest BCUT2D eigenvalue weighted by Gasteiger charge is -2.06. The fourth-order valence-corrected chi connectivity index (χ4v) is 0.980. The van der Waals surface area contributed by atoms with E-state index in [1.165, 1.54) is 19.4 Å². The van der Waals surface area contributed by atoms with Crippen molar-refractivity contribution in [3.8, 4) is 5.75 Å². The number of halogens is 1. The molecule has 0 saturated heterocycles. The third kappa shape index (κ3) is 2.58. The van der Waals surface area contributed by atoms with Gasteiger partial charge in [-0.25, -0.2) is 9.78 Å². The van der Waals surface area contributed by atoms with Gasteiger partial charge in [-0.05, 0) is 6.07 Å². The van der Waals surface area contributed by atoms with Crippen molar-refractivity contribution in [3.05, 3.63) is 23.0 Å². The van der Waals surface area contributed by atoms with Crippen LogP contribution in [0.25, 0.3) is 0 Å². The summed E-state index contributed by atoms with van der Waals surface area (Å²) in [6.07, 6.45) is 1.24. The molecular formula is C8H8ClNO4. The van der Waals surface area contributed by atoms with Crippen LogP contribution in [0.15, 0.2) is 12.3 Å². The zero-order chi connectivity index (χ0) is 10.6. The molecule has 5 nitrogen and oxygen atoms in total. The zero-order valence-electron chi connectivity index (χ0n) is 7.36. The normalized spacial score (nSPS) is 9.86. The lowest BCUT2D eigenvalue weighted by Crippen LogP contribution is -2.06. The number of aromatic nitrogens is 1. The third-order valence-electron chi connectivity index (χ3n) is 1.40. The number of hydrogen-bond donors (Lipinski definition) is 1. The van der Waals surface area contributed by atoms with Gasteiger partial charge in [-0.15, -0.1) is 0 Å². The van der Waals surface area contributed by atoms with Crippen molar-refractivity contribution in [2.75, 3.05) is 13.9 Å². The minimum atomic E-state index is -1.12. The van der Waals surface area contributed by atoms with Crippen LogP contribution in [0.4, 0.5) is 0 Å². The SMILES string of the molecule is COCOc1cnc(Cl)cc1C(=O)O. The standard InChI is InChI=1S/C8H8ClNO4/c1-13-4-14-6-3-10-7(9)2-5(6)8(11)12/h2-3H,4H2,1H3,(H,11,12). The molecule has 0 fully saturated rings. The van der Waals surface area contributed by atoms with Crippen molar-refractivity contribution in [3.63, 3.8) is 0 Å². The lowest BCUT2D eigenvalue weighted by atomic mass is 10.2. The molecule has 0 bridgehead atoms. The van der Waals surface area contributed by atoms with Gasteiger partial charge in [0.05, 0.1) is 6.20 Å². The zero-order valence-corrected chi connectivity index (χ0v) is 8.11. The Balaban J connectivity index is 2.96. The van der Waals surface area contributed by atoms with Crippen LogP contribution < -0.4 is 4.74 Å². The van der Waals surface area contributed by atoms with E-state index in [1.807, 2.05) is 0 Å². The highest BCUT2D eigenvalue weighted by Crippen LogP contribution is 2.20. The number of carboxylic acid groups (broad SMARTS) is 1. The molecule has 0 spiro atoms. The molecule has 14 heavy (non-hydrogen) atoms. The Hall–Kier alpha value is -1.33. The Morgan fingerprint density at radius 3 is 3.00 bits per heavy atom. The van der Waals surface area contributed by atoms with E-state index in [9.17, 15) is 4.79 Å². The topological polar surface area (TPSA) is 68.7 Å². The number of carbonyl (C=O) groups is 1. The van der Waals surface area contributed by atoms with E-state index in [2.05, 4.69) is 9.72 Å². The van der Waals surface area contributed by atoms with Gasteiger partial charge in [0, 0.05) is 7.11 Å². The maximum absolute atomic E-state index is 10.7. The second kappa shape index (κ2) is 4.78. The highest BCUT2D eigenvalue weighted by atomic mass is 35.5. The molecule has 1 N–H and O–H groups in total. The van der Waals surface area contributed by atoms with Gasteiger partial charge in [-0.2, -0.15) is 0 Å². The Morgan fingerprint density at radius 1 is 1.71 bits per heavy atom. The van der Waals surface area contributed by atoms with E-state index >= 15 is 0 Å². The minimum absolute atomic E-state index is 0.0381. The van der Waals surface area contributed by atoms with Crippen LogP contribution in [-0.4, -0.2) is 30.0 Å². The summed E-state index contributed by atoms with van der Waals surface area (Å²) in [5.41, 5.74) is -0.0398. The van der Waals surface area contributed by atoms with Gasteiger partial charge < -0.3 is 14.6 Å². The number of ether oxygens (including phenoxy) is 2. The minimum Gasteiger partial charge on any atom is -0.478 e. The van der Waals surface area contributed by atoms with Gasteiger partial charge in [-0.1, -0.05) is 11.6 Å². The van der Waals surface area contributed by atoms with Crippen LogP contribution >= 0.6 is 11.6 Å². The summed E-state index contributed by atoms with van der Waals surface area (Å²) in [7, 11) is 1.43. The summed E-state index contributed by atoms with van der Waals surface area (Å²) in [4.78, 5) is 14.4. The average molecular weight is 218 g/mol. The van der Waals surface area contributed by atoms with Gasteiger partial charge in [-0.3, -0.25) is 0 Å². The molecule has 1 aromatic rings. The predicted molar refractivity (Wildman–Crippen MR) is 48.7 cm³/mol. The first-order valence-corrected chi connectivity index (χ1v) is 4.03. The molecule has 76 valence electrons. The second-order valence-corrected chi connectivity index (χ2v) is 2.75. The quantitative estimate of drug-likeness (QED) is 0.610. The van der Waals surface area contributed by atoms with Crippen molar-refractivity contribution in [2.45, 2.75) is 0 Å². The highest BCUT2D eigenvalue weighted by Gasteiger charge is 2.12. The van der Waals surface area contributed by atoms with Crippen molar-refractivity contribution < 1.29 is 19.4 Å². The molecule has 0 radical (unpaired) electrons. The Kier molecular flexibility index (Phi) is 3.67. The molecule has 0 aliphatic carbocycles. The van der Waals surface area contributed by atoms with Crippen LogP contribution in [0, 0.1) is 0 Å². The molecule has 6 heteroatoms. The van der Waals surface area contributed by atoms with Gasteiger partial charge in [0.1, 0.15) is 10.7 Å². The fourth-order valence-electron chi connectivity index (χ4n) is 0.822. The lowest BCUT2D eigenvalue weighted by molar-refractivity contribution is 0.0481. The van der Waals surface area contributed by atoms with Gasteiger partial charge in [0.25, 0.3) is 0 Å². The molecule has 0 unspecified atom stereocenters. The largest absolute Gasteiger partial charge is 0.478 e. The summed E-state index contributed by atoms with van der Waals surface area (Å²) in [6.45, 7) is -0.0381. The summed E-state index contributed by atoms with van der Waals surface area (Å²) in [5, 5.41) is 8.89. The maximum Gasteiger partial charge on any atom is 0.339 e. The number of rotatable bonds is 4. The van der Waals surface area contributed by atoms with Crippen LogP contribution in [-0.2, 0) is 4.74 Å². The summed E-state index contributed by atoms with van der Waals surface area (Å²) in [6, 6.07) is 1.22. The van der Waals surface area contributed by atoms with Gasteiger partial charge >= 0.3 is 5.97 Å². The van der Waals surface area contributed by atoms with E-state index in [-0.39, 0.29) is 23.3 Å². The molecule has 1 rings (SSSR count). The number of nitrogens with zero attached hydrogens (tertiary/aromatic N) is 1. The van der Waals surface area contributed by atoms with Crippen LogP contribution in [0.2, 0.25) is 5.15 Å². The van der Waals surface area contributed by atoms with Crippen LogP contribution in [0.5, 0.6) is 5.75 Å². The van der Waals surface area contributed by atoms with Crippen LogP contribution in [0.1, 0.15) is 10.4 Å². The van der Waals surface area contributed by atoms with E-state index in [4.69, 9.17) is 21.4 Å². The molecule has 0 saturated carbocycles. The van der Waals surface area contributed by atoms with E-state index < -0.39 is 5.97 Å². The number of hydrogen-bond acceptors (Lipinski definition) is 4. The Bertz CT molecular complexity index is 342. The third-order valence-corrected chi connectivity index (χ3v) is 1.60. The molecule has 0 aromatic carbocycles. The number of methoxy groups -OCH3 is 1. The molecule has 0 amide bonds. The van der Waals surface area contributed by atoms with E-state index in [1.54, 1.807) is 0 Å². The van der Waals surface area contributed by atoms with Crippen LogP contribution in [0.3, 0.4) is 0 Å². The first-order chi connectivity index (χ1) is 6.65. The van der Waals surface area contributed by atoms with Crippen molar-refractivity contribution >= 4 is 17.6 Å². The first-order valence-electron chi connectivity index (χ1n) is 3.65. The molecule has 0 atom stereocenters. The Morgan fingerprint density at radius 2 is 2.43 bits per heavy atom. The van der Waals surface area contributed by atoms with Crippen molar-refractivity contribution in [1.29, 1.82) is 0 Å². The molecule has 1 aromatic heterocycles. The first kappa shape index (κ1) is 10.7. The van der Waals surface area contributed by atoms with E-state index in [0.29, 0.717) is 0 Å². The predicted octanol–water partition coefficient (Wildman–Crippen LogP) is 1.42. The average Bonchev–Trinajstić information content (AvgIpc) is 2.15. The smallest absolute Gasteiger partial charge is 0.339 e. The molecule has 0 aliphatic rings. The molecular weight excluding hydrogens is 210 g/mol. The van der Waals surface area contributed by atoms with Gasteiger partial charge in [0.2, 0.25) is 0 Å². The maximum atomic E-state index is 10.7. The number of aromatic carboxylic acids is 1. The monoisotopic (exact) mass is 217 g/mol. The number of carboxylic acids is 1. The van der Waals surface area contributed by atoms with E-state index in [0.717, 1.165) is 0 Å². The summed E-state index contributed by atoms with van der Waals surface area (Å²) in [5.74, 6) is -0.996. The fraction of sp³-hybridized carbons (Fsp3) is 0.250.